The Bertz CT molecular complexity index is 588. The predicted molar refractivity (Wildman–Crippen MR) is 86.9 cm³/mol. The minimum Gasteiger partial charge on any atom is -0.423 e. The molecule has 2 saturated carbocycles. The maximum Gasteiger partial charge on any atom is 0.488 e. The average Bonchev–Trinajstić information content (AvgIpc) is 2.82. The quantitative estimate of drug-likeness (QED) is 0.690. The van der Waals surface area contributed by atoms with E-state index in [1.54, 1.807) is 0 Å². The van der Waals surface area contributed by atoms with E-state index in [-0.39, 0.29) is 11.5 Å². The molecule has 2 unspecified atom stereocenters. The standard InChI is InChI=1S/C18H25BO3/c1-18-9-8-14-13-5-3-12(19(21)22)10-11(13)2-4-15(14)16(18)6-7-17(18)20/h3,5,10,14-17,20-22H,2,4,6-9H2,1H3/t14-,15?,16+,17+,18?/m1/s1. The first-order valence-electron chi connectivity index (χ1n) is 8.67. The van der Waals surface area contributed by atoms with Crippen molar-refractivity contribution in [1.82, 2.24) is 0 Å². The molecule has 0 saturated heterocycles. The first kappa shape index (κ1) is 14.7. The van der Waals surface area contributed by atoms with Gasteiger partial charge in [-0.1, -0.05) is 25.1 Å². The molecule has 4 rings (SSSR count). The molecule has 3 aliphatic rings. The minimum atomic E-state index is -1.37. The van der Waals surface area contributed by atoms with E-state index in [1.807, 2.05) is 12.1 Å². The fourth-order valence-corrected chi connectivity index (χ4v) is 5.74. The highest BCUT2D eigenvalue weighted by Crippen LogP contribution is 2.60. The molecule has 0 heterocycles. The molecule has 1 aromatic rings. The van der Waals surface area contributed by atoms with Gasteiger partial charge in [-0.15, -0.1) is 0 Å². The maximum absolute atomic E-state index is 10.4. The third-order valence-electron chi connectivity index (χ3n) is 7.00. The van der Waals surface area contributed by atoms with Gasteiger partial charge in [0.25, 0.3) is 0 Å². The summed E-state index contributed by atoms with van der Waals surface area (Å²) >= 11 is 0. The van der Waals surface area contributed by atoms with Gasteiger partial charge in [-0.25, -0.2) is 0 Å². The highest BCUT2D eigenvalue weighted by molar-refractivity contribution is 6.58. The molecule has 3 aliphatic carbocycles. The van der Waals surface area contributed by atoms with E-state index in [2.05, 4.69) is 13.0 Å². The lowest BCUT2D eigenvalue weighted by Gasteiger charge is -2.50. The molecule has 0 aliphatic heterocycles. The summed E-state index contributed by atoms with van der Waals surface area (Å²) < 4.78 is 0. The van der Waals surface area contributed by atoms with E-state index >= 15 is 0 Å². The van der Waals surface area contributed by atoms with Crippen LogP contribution in [-0.2, 0) is 6.42 Å². The lowest BCUT2D eigenvalue weighted by atomic mass is 9.55. The van der Waals surface area contributed by atoms with Crippen molar-refractivity contribution in [3.8, 4) is 0 Å². The van der Waals surface area contributed by atoms with Gasteiger partial charge in [0.05, 0.1) is 6.10 Å². The molecule has 0 bridgehead atoms. The van der Waals surface area contributed by atoms with Gasteiger partial charge in [-0.2, -0.15) is 0 Å². The molecule has 22 heavy (non-hydrogen) atoms. The Morgan fingerprint density at radius 3 is 2.73 bits per heavy atom. The number of hydrogen-bond donors (Lipinski definition) is 3. The summed E-state index contributed by atoms with van der Waals surface area (Å²) in [6.07, 6.45) is 6.49. The summed E-state index contributed by atoms with van der Waals surface area (Å²) in [6, 6.07) is 5.96. The Morgan fingerprint density at radius 1 is 1.14 bits per heavy atom. The number of rotatable bonds is 1. The Morgan fingerprint density at radius 2 is 1.95 bits per heavy atom. The van der Waals surface area contributed by atoms with E-state index in [0.717, 1.165) is 25.7 Å². The van der Waals surface area contributed by atoms with Crippen LogP contribution in [0.1, 0.15) is 56.1 Å². The van der Waals surface area contributed by atoms with E-state index < -0.39 is 7.12 Å². The molecule has 0 spiro atoms. The smallest absolute Gasteiger partial charge is 0.423 e. The largest absolute Gasteiger partial charge is 0.488 e. The van der Waals surface area contributed by atoms with Crippen molar-refractivity contribution < 1.29 is 15.2 Å². The number of aryl methyl sites for hydroxylation is 1. The fraction of sp³-hybridized carbons (Fsp3) is 0.667. The molecular weight excluding hydrogens is 275 g/mol. The van der Waals surface area contributed by atoms with Crippen LogP contribution in [0.5, 0.6) is 0 Å². The second kappa shape index (κ2) is 5.08. The Balaban J connectivity index is 1.67. The van der Waals surface area contributed by atoms with Gasteiger partial charge in [0.2, 0.25) is 0 Å². The second-order valence-corrected chi connectivity index (χ2v) is 7.89. The Hall–Kier alpha value is -0.835. The number of fused-ring (bicyclic) bond motifs is 5. The summed E-state index contributed by atoms with van der Waals surface area (Å²) in [5.41, 5.74) is 3.45. The molecule has 0 aromatic heterocycles. The van der Waals surface area contributed by atoms with Gasteiger partial charge < -0.3 is 15.2 Å². The monoisotopic (exact) mass is 300 g/mol. The summed E-state index contributed by atoms with van der Waals surface area (Å²) in [4.78, 5) is 0. The van der Waals surface area contributed by atoms with Crippen LogP contribution in [0.2, 0.25) is 0 Å². The van der Waals surface area contributed by atoms with E-state index in [0.29, 0.717) is 23.2 Å². The first-order valence-corrected chi connectivity index (χ1v) is 8.67. The van der Waals surface area contributed by atoms with Crippen LogP contribution in [0.4, 0.5) is 0 Å². The lowest BCUT2D eigenvalue weighted by molar-refractivity contribution is -0.0226. The van der Waals surface area contributed by atoms with E-state index in [9.17, 15) is 15.2 Å². The molecule has 5 atom stereocenters. The summed E-state index contributed by atoms with van der Waals surface area (Å²) in [5.74, 6) is 1.93. The highest BCUT2D eigenvalue weighted by atomic mass is 16.4. The fourth-order valence-electron chi connectivity index (χ4n) is 5.74. The van der Waals surface area contributed by atoms with Crippen LogP contribution in [0.3, 0.4) is 0 Å². The van der Waals surface area contributed by atoms with Crippen molar-refractivity contribution >= 4 is 12.6 Å². The number of aliphatic hydroxyl groups is 1. The van der Waals surface area contributed by atoms with Crippen molar-refractivity contribution in [2.24, 2.45) is 17.3 Å². The zero-order valence-electron chi connectivity index (χ0n) is 13.2. The van der Waals surface area contributed by atoms with Crippen molar-refractivity contribution in [1.29, 1.82) is 0 Å². The molecule has 118 valence electrons. The third-order valence-corrected chi connectivity index (χ3v) is 7.00. The van der Waals surface area contributed by atoms with Crippen molar-refractivity contribution in [2.75, 3.05) is 0 Å². The molecule has 1 aromatic carbocycles. The third kappa shape index (κ3) is 2.00. The predicted octanol–water partition coefficient (Wildman–Crippen LogP) is 1.58. The lowest BCUT2D eigenvalue weighted by Crippen LogP contribution is -2.44. The maximum atomic E-state index is 10.4. The topological polar surface area (TPSA) is 60.7 Å². The molecule has 3 nitrogen and oxygen atoms in total. The Labute approximate surface area is 132 Å². The first-order chi connectivity index (χ1) is 10.5. The average molecular weight is 300 g/mol. The van der Waals surface area contributed by atoms with Gasteiger partial charge in [0.15, 0.2) is 0 Å². The zero-order chi connectivity index (χ0) is 15.5. The van der Waals surface area contributed by atoms with E-state index in [4.69, 9.17) is 0 Å². The van der Waals surface area contributed by atoms with Gasteiger partial charge in [0.1, 0.15) is 0 Å². The molecule has 0 amide bonds. The van der Waals surface area contributed by atoms with Crippen LogP contribution < -0.4 is 5.46 Å². The molecule has 2 fully saturated rings. The van der Waals surface area contributed by atoms with Crippen LogP contribution in [0.25, 0.3) is 0 Å². The van der Waals surface area contributed by atoms with Crippen molar-refractivity contribution in [3.05, 3.63) is 29.3 Å². The Kier molecular flexibility index (Phi) is 3.41. The highest BCUT2D eigenvalue weighted by Gasteiger charge is 2.54. The summed E-state index contributed by atoms with van der Waals surface area (Å²) in [7, 11) is -1.37. The van der Waals surface area contributed by atoms with Gasteiger partial charge in [-0.05, 0) is 78.3 Å². The second-order valence-electron chi connectivity index (χ2n) is 7.89. The summed E-state index contributed by atoms with van der Waals surface area (Å²) in [5, 5.41) is 29.2. The normalized spacial score (nSPS) is 39.8. The molecule has 4 heteroatoms. The van der Waals surface area contributed by atoms with Crippen LogP contribution in [-0.4, -0.2) is 28.4 Å². The number of aliphatic hydroxyl groups excluding tert-OH is 1. The van der Waals surface area contributed by atoms with Gasteiger partial charge in [0, 0.05) is 0 Å². The minimum absolute atomic E-state index is 0.119. The SMILES string of the molecule is CC12CC[C@@H]3c4ccc(B(O)O)cc4CCC3[C@@H]1CC[C@@H]2O. The van der Waals surface area contributed by atoms with Crippen LogP contribution in [0, 0.1) is 17.3 Å². The van der Waals surface area contributed by atoms with Crippen LogP contribution >= 0.6 is 0 Å². The molecule has 3 N–H and O–H groups in total. The van der Waals surface area contributed by atoms with Crippen LogP contribution in [0.15, 0.2) is 18.2 Å². The van der Waals surface area contributed by atoms with Gasteiger partial charge in [-0.3, -0.25) is 0 Å². The van der Waals surface area contributed by atoms with E-state index in [1.165, 1.54) is 24.0 Å². The molecule has 0 radical (unpaired) electrons. The summed E-state index contributed by atoms with van der Waals surface area (Å²) in [6.45, 7) is 2.30. The zero-order valence-corrected chi connectivity index (χ0v) is 13.2. The number of benzene rings is 1. The molecular formula is C18H25BO3. The number of hydrogen-bond acceptors (Lipinski definition) is 3. The van der Waals surface area contributed by atoms with Crippen molar-refractivity contribution in [3.63, 3.8) is 0 Å². The van der Waals surface area contributed by atoms with Crippen molar-refractivity contribution in [2.45, 2.75) is 57.5 Å². The van der Waals surface area contributed by atoms with Gasteiger partial charge >= 0.3 is 7.12 Å².